The molecule has 0 saturated carbocycles. The molecule has 0 bridgehead atoms. The fourth-order valence-electron chi connectivity index (χ4n) is 4.17. The van der Waals surface area contributed by atoms with Gasteiger partial charge < -0.3 is 5.32 Å². The van der Waals surface area contributed by atoms with E-state index in [1.54, 1.807) is 48.5 Å². The highest BCUT2D eigenvalue weighted by Gasteiger charge is 2.27. The van der Waals surface area contributed by atoms with Crippen molar-refractivity contribution in [1.82, 2.24) is 10.2 Å². The second-order valence-electron chi connectivity index (χ2n) is 8.74. The maximum atomic E-state index is 13.4. The van der Waals surface area contributed by atoms with Crippen LogP contribution in [0.15, 0.2) is 83.8 Å². The van der Waals surface area contributed by atoms with Gasteiger partial charge in [-0.15, -0.1) is 0 Å². The molecule has 1 aliphatic rings. The Kier molecular flexibility index (Phi) is 7.65. The maximum Gasteiger partial charge on any atom is 0.264 e. The van der Waals surface area contributed by atoms with Crippen molar-refractivity contribution < 1.29 is 13.2 Å². The number of benzene rings is 3. The summed E-state index contributed by atoms with van der Waals surface area (Å²) in [5.74, 6) is -0.357. The van der Waals surface area contributed by atoms with Gasteiger partial charge in [-0.1, -0.05) is 60.2 Å². The van der Waals surface area contributed by atoms with Crippen LogP contribution in [0, 0.1) is 6.92 Å². The molecule has 1 heterocycles. The summed E-state index contributed by atoms with van der Waals surface area (Å²) in [5, 5.41) is 2.89. The lowest BCUT2D eigenvalue weighted by molar-refractivity contribution is -0.119. The van der Waals surface area contributed by atoms with E-state index in [9.17, 15) is 13.2 Å². The number of aryl methyl sites for hydroxylation is 1. The zero-order valence-corrected chi connectivity index (χ0v) is 20.3. The van der Waals surface area contributed by atoms with Crippen molar-refractivity contribution in [3.63, 3.8) is 0 Å². The smallest absolute Gasteiger partial charge is 0.264 e. The molecule has 0 spiro atoms. The van der Waals surface area contributed by atoms with Gasteiger partial charge in [-0.2, -0.15) is 0 Å². The van der Waals surface area contributed by atoms with Gasteiger partial charge in [0.05, 0.1) is 10.6 Å². The van der Waals surface area contributed by atoms with E-state index in [2.05, 4.69) is 22.3 Å². The monoisotopic (exact) mass is 477 g/mol. The van der Waals surface area contributed by atoms with Crippen molar-refractivity contribution in [2.24, 2.45) is 0 Å². The Morgan fingerprint density at radius 3 is 2.29 bits per heavy atom. The summed E-state index contributed by atoms with van der Waals surface area (Å²) in [5.41, 5.74) is 3.64. The largest absolute Gasteiger partial charge is 0.350 e. The number of amides is 1. The number of nitrogens with zero attached hydrogens (tertiary/aromatic N) is 2. The van der Waals surface area contributed by atoms with E-state index >= 15 is 0 Å². The van der Waals surface area contributed by atoms with E-state index in [0.717, 1.165) is 35.1 Å². The van der Waals surface area contributed by atoms with Crippen LogP contribution in [0.3, 0.4) is 0 Å². The predicted octanol–water partition coefficient (Wildman–Crippen LogP) is 4.10. The first-order valence-electron chi connectivity index (χ1n) is 11.6. The molecule has 0 aliphatic carbocycles. The lowest BCUT2D eigenvalue weighted by atomic mass is 10.1. The molecule has 1 aliphatic heterocycles. The summed E-state index contributed by atoms with van der Waals surface area (Å²) < 4.78 is 28.0. The van der Waals surface area contributed by atoms with E-state index in [1.807, 2.05) is 25.1 Å². The number of nitrogens with one attached hydrogen (secondary N) is 1. The van der Waals surface area contributed by atoms with E-state index in [-0.39, 0.29) is 17.3 Å². The van der Waals surface area contributed by atoms with Crippen molar-refractivity contribution in [1.29, 1.82) is 0 Å². The number of para-hydroxylation sites is 1. The highest BCUT2D eigenvalue weighted by Crippen LogP contribution is 2.23. The Balaban J connectivity index is 1.46. The lowest BCUT2D eigenvalue weighted by Gasteiger charge is -2.24. The third-order valence-electron chi connectivity index (χ3n) is 6.03. The Labute approximate surface area is 202 Å². The molecule has 0 radical (unpaired) electrons. The van der Waals surface area contributed by atoms with Gasteiger partial charge in [0.15, 0.2) is 0 Å². The van der Waals surface area contributed by atoms with Gasteiger partial charge in [0.1, 0.15) is 6.54 Å². The summed E-state index contributed by atoms with van der Waals surface area (Å²) in [6.07, 6.45) is 2.50. The first kappa shape index (κ1) is 24.0. The first-order chi connectivity index (χ1) is 16.4. The van der Waals surface area contributed by atoms with Crippen LogP contribution in [-0.4, -0.2) is 38.9 Å². The van der Waals surface area contributed by atoms with Gasteiger partial charge in [0.25, 0.3) is 10.0 Å². The van der Waals surface area contributed by atoms with Gasteiger partial charge in [-0.3, -0.25) is 14.0 Å². The molecule has 6 nitrogen and oxygen atoms in total. The molecular formula is C27H31N3O3S. The van der Waals surface area contributed by atoms with Gasteiger partial charge in [-0.05, 0) is 68.2 Å². The van der Waals surface area contributed by atoms with Crippen molar-refractivity contribution in [3.8, 4) is 0 Å². The molecule has 1 saturated heterocycles. The first-order valence-corrected chi connectivity index (χ1v) is 13.1. The molecule has 1 N–H and O–H groups in total. The molecule has 1 fully saturated rings. The summed E-state index contributed by atoms with van der Waals surface area (Å²) >= 11 is 0. The number of sulfonamides is 1. The van der Waals surface area contributed by atoms with Gasteiger partial charge in [-0.25, -0.2) is 8.42 Å². The van der Waals surface area contributed by atoms with Crippen LogP contribution in [0.5, 0.6) is 0 Å². The highest BCUT2D eigenvalue weighted by molar-refractivity contribution is 7.92. The number of carbonyl (C=O) groups excluding carboxylic acids is 1. The topological polar surface area (TPSA) is 69.7 Å². The Bertz CT molecular complexity index is 1210. The zero-order chi connectivity index (χ0) is 24.0. The van der Waals surface area contributed by atoms with Crippen LogP contribution in [0.2, 0.25) is 0 Å². The molecule has 4 rings (SSSR count). The number of likely N-dealkylation sites (tertiary alicyclic amines) is 1. The Morgan fingerprint density at radius 2 is 1.59 bits per heavy atom. The third-order valence-corrected chi connectivity index (χ3v) is 7.81. The summed E-state index contributed by atoms with van der Waals surface area (Å²) in [4.78, 5) is 15.5. The molecule has 7 heteroatoms. The Morgan fingerprint density at radius 1 is 0.912 bits per heavy atom. The van der Waals surface area contributed by atoms with Crippen molar-refractivity contribution in [2.75, 3.05) is 23.9 Å². The summed E-state index contributed by atoms with van der Waals surface area (Å²) in [6, 6.07) is 23.6. The van der Waals surface area contributed by atoms with Crippen LogP contribution in [0.1, 0.15) is 29.5 Å². The van der Waals surface area contributed by atoms with Crippen LogP contribution >= 0.6 is 0 Å². The lowest BCUT2D eigenvalue weighted by Crippen LogP contribution is -2.40. The molecule has 0 atom stereocenters. The molecule has 1 amide bonds. The molecule has 178 valence electrons. The van der Waals surface area contributed by atoms with Crippen molar-refractivity contribution in [3.05, 3.63) is 95.6 Å². The minimum atomic E-state index is -3.90. The molecule has 3 aromatic rings. The van der Waals surface area contributed by atoms with E-state index < -0.39 is 10.0 Å². The van der Waals surface area contributed by atoms with Gasteiger partial charge in [0, 0.05) is 13.1 Å². The van der Waals surface area contributed by atoms with Crippen molar-refractivity contribution in [2.45, 2.75) is 37.8 Å². The molecule has 34 heavy (non-hydrogen) atoms. The number of hydrogen-bond acceptors (Lipinski definition) is 4. The van der Waals surface area contributed by atoms with Gasteiger partial charge >= 0.3 is 0 Å². The number of rotatable bonds is 9. The van der Waals surface area contributed by atoms with Crippen LogP contribution in [-0.2, 0) is 27.9 Å². The van der Waals surface area contributed by atoms with Crippen LogP contribution in [0.4, 0.5) is 5.69 Å². The van der Waals surface area contributed by atoms with Gasteiger partial charge in [0.2, 0.25) is 5.91 Å². The second kappa shape index (κ2) is 10.8. The third kappa shape index (κ3) is 6.04. The van der Waals surface area contributed by atoms with Crippen LogP contribution in [0.25, 0.3) is 0 Å². The molecular weight excluding hydrogens is 446 g/mol. The van der Waals surface area contributed by atoms with Crippen LogP contribution < -0.4 is 9.62 Å². The van der Waals surface area contributed by atoms with Crippen molar-refractivity contribution >= 4 is 21.6 Å². The normalized spacial score (nSPS) is 14.1. The minimum absolute atomic E-state index is 0.157. The summed E-state index contributed by atoms with van der Waals surface area (Å²) in [7, 11) is -3.90. The fourth-order valence-corrected chi connectivity index (χ4v) is 5.59. The average molecular weight is 478 g/mol. The maximum absolute atomic E-state index is 13.4. The zero-order valence-electron chi connectivity index (χ0n) is 19.5. The minimum Gasteiger partial charge on any atom is -0.350 e. The SMILES string of the molecule is Cc1ccc(S(=O)(=O)N(CC(=O)NCc2cccc(CN3CCCC3)c2)c2ccccc2)cc1. The number of carbonyl (C=O) groups is 1. The average Bonchev–Trinajstić information content (AvgIpc) is 3.35. The van der Waals surface area contributed by atoms with E-state index in [1.165, 1.54) is 18.4 Å². The molecule has 3 aromatic carbocycles. The molecule has 0 aromatic heterocycles. The standard InChI is InChI=1S/C27H31N3O3S/c1-22-12-14-26(15-13-22)34(32,33)30(25-10-3-2-4-11-25)21-27(31)28-19-23-8-7-9-24(18-23)20-29-16-5-6-17-29/h2-4,7-15,18H,5-6,16-17,19-21H2,1H3,(H,28,31). The highest BCUT2D eigenvalue weighted by atomic mass is 32.2. The Hall–Kier alpha value is -3.16. The van der Waals surface area contributed by atoms with E-state index in [4.69, 9.17) is 0 Å². The predicted molar refractivity (Wildman–Crippen MR) is 135 cm³/mol. The number of anilines is 1. The fraction of sp³-hybridized carbons (Fsp3) is 0.296. The number of hydrogen-bond donors (Lipinski definition) is 1. The van der Waals surface area contributed by atoms with E-state index in [0.29, 0.717) is 12.2 Å². The quantitative estimate of drug-likeness (QED) is 0.504. The second-order valence-corrected chi connectivity index (χ2v) is 10.6. The molecule has 0 unspecified atom stereocenters. The summed E-state index contributed by atoms with van der Waals surface area (Å²) in [6.45, 7) is 5.13.